The molecule has 3 N–H and O–H groups in total. The summed E-state index contributed by atoms with van der Waals surface area (Å²) >= 11 is 0. The Morgan fingerprint density at radius 2 is 2.06 bits per heavy atom. The molecule has 5 nitrogen and oxygen atoms in total. The Morgan fingerprint density at radius 1 is 1.35 bits per heavy atom. The summed E-state index contributed by atoms with van der Waals surface area (Å²) in [6.07, 6.45) is 0. The number of ether oxygens (including phenoxy) is 1. The number of para-hydroxylation sites is 2. The van der Waals surface area contributed by atoms with E-state index in [0.29, 0.717) is 0 Å². The van der Waals surface area contributed by atoms with Gasteiger partial charge in [-0.15, -0.1) is 0 Å². The monoisotopic (exact) mass is 235 g/mol. The number of morpholine rings is 1. The van der Waals surface area contributed by atoms with Gasteiger partial charge in [-0.2, -0.15) is 0 Å². The van der Waals surface area contributed by atoms with E-state index in [1.807, 2.05) is 24.3 Å². The third-order valence-corrected chi connectivity index (χ3v) is 2.72. The molecule has 1 aliphatic heterocycles. The van der Waals surface area contributed by atoms with Crippen molar-refractivity contribution in [3.05, 3.63) is 24.3 Å². The van der Waals surface area contributed by atoms with Crippen LogP contribution in [0, 0.1) is 0 Å². The summed E-state index contributed by atoms with van der Waals surface area (Å²) in [5.74, 6) is -0.175. The normalized spacial score (nSPS) is 15.7. The van der Waals surface area contributed by atoms with Gasteiger partial charge in [0.2, 0.25) is 5.91 Å². The lowest BCUT2D eigenvalue weighted by Gasteiger charge is -2.30. The van der Waals surface area contributed by atoms with Crippen molar-refractivity contribution in [3.63, 3.8) is 0 Å². The second-order valence-electron chi connectivity index (χ2n) is 3.87. The number of carbonyl (C=O) groups is 1. The van der Waals surface area contributed by atoms with Crippen LogP contribution in [0.15, 0.2) is 24.3 Å². The Balaban J connectivity index is 2.17. The van der Waals surface area contributed by atoms with Gasteiger partial charge in [0, 0.05) is 13.1 Å². The maximum atomic E-state index is 11.3. The molecule has 0 saturated carbocycles. The number of nitrogens with one attached hydrogen (secondary N) is 1. The van der Waals surface area contributed by atoms with Crippen LogP contribution >= 0.6 is 0 Å². The zero-order chi connectivity index (χ0) is 12.1. The Labute approximate surface area is 101 Å². The zero-order valence-corrected chi connectivity index (χ0v) is 9.69. The van der Waals surface area contributed by atoms with Gasteiger partial charge in [-0.05, 0) is 12.1 Å². The molecule has 17 heavy (non-hydrogen) atoms. The minimum Gasteiger partial charge on any atom is -0.378 e. The maximum absolute atomic E-state index is 11.3. The van der Waals surface area contributed by atoms with E-state index >= 15 is 0 Å². The van der Waals surface area contributed by atoms with E-state index < -0.39 is 0 Å². The van der Waals surface area contributed by atoms with E-state index in [-0.39, 0.29) is 12.5 Å². The number of hydrogen-bond acceptors (Lipinski definition) is 4. The van der Waals surface area contributed by atoms with Crippen molar-refractivity contribution >= 4 is 17.3 Å². The molecule has 5 heteroatoms. The van der Waals surface area contributed by atoms with Crippen LogP contribution in [0.5, 0.6) is 0 Å². The van der Waals surface area contributed by atoms with Crippen LogP contribution in [0.3, 0.4) is 0 Å². The van der Waals surface area contributed by atoms with Gasteiger partial charge in [-0.3, -0.25) is 4.79 Å². The number of amides is 1. The molecule has 1 fully saturated rings. The van der Waals surface area contributed by atoms with Gasteiger partial charge in [0.05, 0.1) is 31.1 Å². The van der Waals surface area contributed by atoms with Crippen molar-refractivity contribution in [1.29, 1.82) is 0 Å². The third kappa shape index (κ3) is 2.95. The van der Waals surface area contributed by atoms with Crippen LogP contribution in [0.2, 0.25) is 0 Å². The minimum absolute atomic E-state index is 0.00253. The van der Waals surface area contributed by atoms with Crippen molar-refractivity contribution in [2.24, 2.45) is 5.73 Å². The summed E-state index contributed by atoms with van der Waals surface area (Å²) in [6, 6.07) is 7.74. The average Bonchev–Trinajstić information content (AvgIpc) is 2.40. The zero-order valence-electron chi connectivity index (χ0n) is 9.69. The first kappa shape index (κ1) is 11.9. The van der Waals surface area contributed by atoms with Gasteiger partial charge in [0.1, 0.15) is 0 Å². The first-order valence-electron chi connectivity index (χ1n) is 5.73. The molecular formula is C12H17N3O2. The average molecular weight is 235 g/mol. The standard InChI is InChI=1S/C12H17N3O2/c13-9-12(16)14-10-3-1-2-4-11(10)15-5-7-17-8-6-15/h1-4H,5-9,13H2,(H,14,16). The maximum Gasteiger partial charge on any atom is 0.238 e. The topological polar surface area (TPSA) is 67.6 Å². The van der Waals surface area contributed by atoms with E-state index in [1.54, 1.807) is 0 Å². The van der Waals surface area contributed by atoms with Crippen molar-refractivity contribution in [2.75, 3.05) is 43.1 Å². The molecule has 92 valence electrons. The number of hydrogen-bond donors (Lipinski definition) is 2. The first-order chi connectivity index (χ1) is 8.31. The number of anilines is 2. The molecular weight excluding hydrogens is 218 g/mol. The molecule has 2 rings (SSSR count). The van der Waals surface area contributed by atoms with Crippen LogP contribution in [-0.2, 0) is 9.53 Å². The number of nitrogens with two attached hydrogens (primary N) is 1. The van der Waals surface area contributed by atoms with Gasteiger partial charge in [0.25, 0.3) is 0 Å². The Hall–Kier alpha value is -1.59. The lowest BCUT2D eigenvalue weighted by Crippen LogP contribution is -2.37. The summed E-state index contributed by atoms with van der Waals surface area (Å²) < 4.78 is 5.31. The van der Waals surface area contributed by atoms with E-state index in [1.165, 1.54) is 0 Å². The highest BCUT2D eigenvalue weighted by Crippen LogP contribution is 2.26. The number of rotatable bonds is 3. The molecule has 1 heterocycles. The molecule has 0 unspecified atom stereocenters. The van der Waals surface area contributed by atoms with Crippen molar-refractivity contribution in [2.45, 2.75) is 0 Å². The molecule has 0 aromatic heterocycles. The lowest BCUT2D eigenvalue weighted by atomic mass is 10.2. The van der Waals surface area contributed by atoms with Crippen LogP contribution in [0.25, 0.3) is 0 Å². The van der Waals surface area contributed by atoms with Crippen LogP contribution < -0.4 is 16.0 Å². The smallest absolute Gasteiger partial charge is 0.238 e. The highest BCUT2D eigenvalue weighted by molar-refractivity contribution is 5.95. The van der Waals surface area contributed by atoms with E-state index in [2.05, 4.69) is 10.2 Å². The van der Waals surface area contributed by atoms with Gasteiger partial charge < -0.3 is 20.7 Å². The third-order valence-electron chi connectivity index (χ3n) is 2.72. The molecule has 1 amide bonds. The number of nitrogens with zero attached hydrogens (tertiary/aromatic N) is 1. The molecule has 1 aromatic carbocycles. The van der Waals surface area contributed by atoms with Gasteiger partial charge in [-0.25, -0.2) is 0 Å². The summed E-state index contributed by atoms with van der Waals surface area (Å²) in [5.41, 5.74) is 7.14. The predicted molar refractivity (Wildman–Crippen MR) is 67.2 cm³/mol. The van der Waals surface area contributed by atoms with Crippen LogP contribution in [0.1, 0.15) is 0 Å². The highest BCUT2D eigenvalue weighted by Gasteiger charge is 2.15. The molecule has 1 saturated heterocycles. The fraction of sp³-hybridized carbons (Fsp3) is 0.417. The fourth-order valence-corrected chi connectivity index (χ4v) is 1.86. The lowest BCUT2D eigenvalue weighted by molar-refractivity contribution is -0.114. The second kappa shape index (κ2) is 5.65. The molecule has 0 atom stereocenters. The van der Waals surface area contributed by atoms with E-state index in [4.69, 9.17) is 10.5 Å². The molecule has 0 spiro atoms. The Morgan fingerprint density at radius 3 is 2.76 bits per heavy atom. The molecule has 1 aliphatic rings. The summed E-state index contributed by atoms with van der Waals surface area (Å²) in [6.45, 7) is 3.13. The molecule has 0 bridgehead atoms. The second-order valence-corrected chi connectivity index (χ2v) is 3.87. The summed E-state index contributed by atoms with van der Waals surface area (Å²) in [4.78, 5) is 13.5. The highest BCUT2D eigenvalue weighted by atomic mass is 16.5. The van der Waals surface area contributed by atoms with E-state index in [0.717, 1.165) is 37.7 Å². The Bertz CT molecular complexity index is 389. The summed E-state index contributed by atoms with van der Waals surface area (Å²) in [5, 5.41) is 2.81. The van der Waals surface area contributed by atoms with Crippen LogP contribution in [0.4, 0.5) is 11.4 Å². The van der Waals surface area contributed by atoms with Gasteiger partial charge >= 0.3 is 0 Å². The van der Waals surface area contributed by atoms with Gasteiger partial charge in [0.15, 0.2) is 0 Å². The number of carbonyl (C=O) groups excluding carboxylic acids is 1. The molecule has 1 aromatic rings. The fourth-order valence-electron chi connectivity index (χ4n) is 1.86. The minimum atomic E-state index is -0.175. The molecule has 0 aliphatic carbocycles. The van der Waals surface area contributed by atoms with Crippen LogP contribution in [-0.4, -0.2) is 38.8 Å². The molecule has 0 radical (unpaired) electrons. The largest absolute Gasteiger partial charge is 0.378 e. The van der Waals surface area contributed by atoms with Crippen molar-refractivity contribution in [1.82, 2.24) is 0 Å². The first-order valence-corrected chi connectivity index (χ1v) is 5.73. The van der Waals surface area contributed by atoms with E-state index in [9.17, 15) is 4.79 Å². The summed E-state index contributed by atoms with van der Waals surface area (Å²) in [7, 11) is 0. The Kier molecular flexibility index (Phi) is 3.95. The van der Waals surface area contributed by atoms with Crippen molar-refractivity contribution in [3.8, 4) is 0 Å². The van der Waals surface area contributed by atoms with Crippen molar-refractivity contribution < 1.29 is 9.53 Å². The SMILES string of the molecule is NCC(=O)Nc1ccccc1N1CCOCC1. The quantitative estimate of drug-likeness (QED) is 0.796. The predicted octanol–water partition coefficient (Wildman–Crippen LogP) is 0.420. The van der Waals surface area contributed by atoms with Gasteiger partial charge in [-0.1, -0.05) is 12.1 Å². The number of benzene rings is 1.